The lowest BCUT2D eigenvalue weighted by Crippen LogP contribution is -2.43. The van der Waals surface area contributed by atoms with E-state index in [1.54, 1.807) is 6.20 Å². The van der Waals surface area contributed by atoms with Crippen LogP contribution in [0, 0.1) is 0 Å². The number of rotatable bonds is 4. The van der Waals surface area contributed by atoms with E-state index in [-0.39, 0.29) is 24.4 Å². The van der Waals surface area contributed by atoms with Crippen LogP contribution in [0.5, 0.6) is 0 Å². The van der Waals surface area contributed by atoms with Gasteiger partial charge in [-0.1, -0.05) is 6.07 Å². The zero-order valence-corrected chi connectivity index (χ0v) is 14.9. The smallest absolute Gasteiger partial charge is 0.226 e. The second-order valence-electron chi connectivity index (χ2n) is 6.01. The van der Waals surface area contributed by atoms with Crippen LogP contribution in [-0.2, 0) is 9.53 Å². The van der Waals surface area contributed by atoms with E-state index in [1.165, 1.54) is 0 Å². The van der Waals surface area contributed by atoms with Gasteiger partial charge in [0.2, 0.25) is 5.91 Å². The van der Waals surface area contributed by atoms with Crippen LogP contribution in [-0.4, -0.2) is 46.7 Å². The Bertz CT molecular complexity index is 878. The maximum absolute atomic E-state index is 12.2. The number of imidazole rings is 1. The first kappa shape index (κ1) is 18.3. The molecule has 1 aliphatic heterocycles. The van der Waals surface area contributed by atoms with Gasteiger partial charge in [0, 0.05) is 30.9 Å². The predicted molar refractivity (Wildman–Crippen MR) is 102 cm³/mol. The van der Waals surface area contributed by atoms with Crippen LogP contribution in [0.15, 0.2) is 42.6 Å². The first-order valence-corrected chi connectivity index (χ1v) is 8.30. The summed E-state index contributed by atoms with van der Waals surface area (Å²) in [4.78, 5) is 24.3. The molecule has 7 nitrogen and oxygen atoms in total. The Morgan fingerprint density at radius 2 is 2.23 bits per heavy atom. The third kappa shape index (κ3) is 4.19. The molecule has 8 heteroatoms. The third-order valence-electron chi connectivity index (χ3n) is 4.10. The number of nitrogens with zero attached hydrogens (tertiary/aromatic N) is 2. The number of aromatic nitrogens is 3. The fraction of sp³-hybridized carbons (Fsp3) is 0.278. The second-order valence-corrected chi connectivity index (χ2v) is 6.01. The quantitative estimate of drug-likeness (QED) is 0.653. The Balaban J connectivity index is 0.00000196. The molecule has 0 saturated carbocycles. The number of ether oxygens (including phenoxy) is 1. The number of amides is 1. The molecule has 1 aromatic carbocycles. The molecule has 3 aromatic rings. The van der Waals surface area contributed by atoms with Crippen LogP contribution in [0.3, 0.4) is 0 Å². The fourth-order valence-corrected chi connectivity index (χ4v) is 2.90. The maximum Gasteiger partial charge on any atom is 0.226 e. The van der Waals surface area contributed by atoms with Gasteiger partial charge in [-0.15, -0.1) is 12.4 Å². The monoisotopic (exact) mass is 373 g/mol. The summed E-state index contributed by atoms with van der Waals surface area (Å²) in [6.45, 7) is 2.06. The molecule has 1 saturated heterocycles. The minimum Gasteiger partial charge on any atom is -0.378 e. The molecule has 4 rings (SSSR count). The fourth-order valence-electron chi connectivity index (χ4n) is 2.90. The van der Waals surface area contributed by atoms with Gasteiger partial charge in [-0.3, -0.25) is 9.78 Å². The van der Waals surface area contributed by atoms with Crippen molar-refractivity contribution in [3.05, 3.63) is 42.6 Å². The first-order chi connectivity index (χ1) is 12.3. The number of halogens is 1. The number of hydrogen-bond acceptors (Lipinski definition) is 5. The lowest BCUT2D eigenvalue weighted by molar-refractivity contribution is -0.117. The van der Waals surface area contributed by atoms with Crippen molar-refractivity contribution in [2.24, 2.45) is 0 Å². The van der Waals surface area contributed by atoms with Crippen LogP contribution in [0.25, 0.3) is 22.6 Å². The van der Waals surface area contributed by atoms with Crippen molar-refractivity contribution in [1.29, 1.82) is 0 Å². The summed E-state index contributed by atoms with van der Waals surface area (Å²) in [5, 5.41) is 6.21. The summed E-state index contributed by atoms with van der Waals surface area (Å²) in [7, 11) is 0. The van der Waals surface area contributed by atoms with E-state index in [9.17, 15) is 4.79 Å². The molecule has 1 amide bonds. The van der Waals surface area contributed by atoms with Crippen LogP contribution in [0.4, 0.5) is 5.69 Å². The molecule has 1 aliphatic rings. The average Bonchev–Trinajstić information content (AvgIpc) is 3.06. The molecule has 0 radical (unpaired) electrons. The van der Waals surface area contributed by atoms with Gasteiger partial charge in [-0.05, 0) is 30.3 Å². The number of anilines is 1. The molecular weight excluding hydrogens is 354 g/mol. The highest BCUT2D eigenvalue weighted by atomic mass is 35.5. The molecule has 1 fully saturated rings. The Morgan fingerprint density at radius 3 is 3.00 bits per heavy atom. The minimum absolute atomic E-state index is 0. The number of pyridine rings is 1. The third-order valence-corrected chi connectivity index (χ3v) is 4.10. The zero-order chi connectivity index (χ0) is 17.1. The summed E-state index contributed by atoms with van der Waals surface area (Å²) < 4.78 is 5.37. The normalized spacial score (nSPS) is 16.8. The second kappa shape index (κ2) is 8.27. The predicted octanol–water partition coefficient (Wildman–Crippen LogP) is 2.36. The first-order valence-electron chi connectivity index (χ1n) is 8.30. The number of benzene rings is 1. The van der Waals surface area contributed by atoms with E-state index < -0.39 is 0 Å². The number of H-pyrrole nitrogens is 1. The van der Waals surface area contributed by atoms with Crippen LogP contribution >= 0.6 is 12.4 Å². The standard InChI is InChI=1S/C18H19N5O2.ClH/c24-17(10-13-11-25-8-7-19-13)21-12-4-5-14-16(9-12)23-18(22-14)15-3-1-2-6-20-15;/h1-6,9,13,19H,7-8,10-11H2,(H,21,24)(H,22,23);1H. The van der Waals surface area contributed by atoms with E-state index in [0.29, 0.717) is 25.5 Å². The molecule has 3 heterocycles. The van der Waals surface area contributed by atoms with Crippen molar-refractivity contribution in [1.82, 2.24) is 20.3 Å². The Kier molecular flexibility index (Phi) is 5.82. The van der Waals surface area contributed by atoms with Crippen molar-refractivity contribution < 1.29 is 9.53 Å². The van der Waals surface area contributed by atoms with Gasteiger partial charge in [0.25, 0.3) is 0 Å². The number of fused-ring (bicyclic) bond motifs is 1. The SMILES string of the molecule is Cl.O=C(CC1COCCN1)Nc1ccc2nc(-c3ccccn3)[nH]c2c1. The molecular formula is C18H20ClN5O2. The summed E-state index contributed by atoms with van der Waals surface area (Å²) in [5.41, 5.74) is 3.22. The van der Waals surface area contributed by atoms with Gasteiger partial charge in [0.05, 0.1) is 24.2 Å². The van der Waals surface area contributed by atoms with E-state index >= 15 is 0 Å². The van der Waals surface area contributed by atoms with Crippen molar-refractivity contribution in [3.63, 3.8) is 0 Å². The summed E-state index contributed by atoms with van der Waals surface area (Å²) in [5.74, 6) is 0.675. The van der Waals surface area contributed by atoms with Gasteiger partial charge < -0.3 is 20.4 Å². The van der Waals surface area contributed by atoms with Crippen molar-refractivity contribution in [2.75, 3.05) is 25.1 Å². The van der Waals surface area contributed by atoms with Gasteiger partial charge >= 0.3 is 0 Å². The van der Waals surface area contributed by atoms with Crippen LogP contribution in [0.2, 0.25) is 0 Å². The summed E-state index contributed by atoms with van der Waals surface area (Å²) >= 11 is 0. The highest BCUT2D eigenvalue weighted by molar-refractivity contribution is 5.93. The Labute approximate surface area is 157 Å². The van der Waals surface area contributed by atoms with Crippen LogP contribution < -0.4 is 10.6 Å². The molecule has 0 aliphatic carbocycles. The number of hydrogen-bond donors (Lipinski definition) is 3. The molecule has 3 N–H and O–H groups in total. The van der Waals surface area contributed by atoms with Crippen molar-refractivity contribution in [2.45, 2.75) is 12.5 Å². The van der Waals surface area contributed by atoms with Crippen molar-refractivity contribution >= 4 is 35.0 Å². The van der Waals surface area contributed by atoms with E-state index in [0.717, 1.165) is 29.0 Å². The van der Waals surface area contributed by atoms with Gasteiger partial charge in [-0.25, -0.2) is 4.98 Å². The number of morpholine rings is 1. The van der Waals surface area contributed by atoms with Crippen LogP contribution in [0.1, 0.15) is 6.42 Å². The molecule has 26 heavy (non-hydrogen) atoms. The topological polar surface area (TPSA) is 91.9 Å². The zero-order valence-electron chi connectivity index (χ0n) is 14.1. The van der Waals surface area contributed by atoms with Gasteiger partial charge in [-0.2, -0.15) is 0 Å². The molecule has 2 aromatic heterocycles. The molecule has 136 valence electrons. The van der Waals surface area contributed by atoms with E-state index in [4.69, 9.17) is 4.74 Å². The summed E-state index contributed by atoms with van der Waals surface area (Å²) in [6, 6.07) is 11.4. The molecule has 1 unspecified atom stereocenters. The number of nitrogens with one attached hydrogen (secondary N) is 3. The van der Waals surface area contributed by atoms with Crippen molar-refractivity contribution in [3.8, 4) is 11.5 Å². The summed E-state index contributed by atoms with van der Waals surface area (Å²) in [6.07, 6.45) is 2.12. The highest BCUT2D eigenvalue weighted by Crippen LogP contribution is 2.21. The Morgan fingerprint density at radius 1 is 1.31 bits per heavy atom. The minimum atomic E-state index is -0.0354. The van der Waals surface area contributed by atoms with E-state index in [2.05, 4.69) is 25.6 Å². The van der Waals surface area contributed by atoms with Gasteiger partial charge in [0.1, 0.15) is 5.69 Å². The number of carbonyl (C=O) groups excluding carboxylic acids is 1. The highest BCUT2D eigenvalue weighted by Gasteiger charge is 2.17. The maximum atomic E-state index is 12.2. The Hall–Kier alpha value is -2.48. The molecule has 1 atom stereocenters. The lowest BCUT2D eigenvalue weighted by atomic mass is 10.2. The van der Waals surface area contributed by atoms with E-state index in [1.807, 2.05) is 36.4 Å². The number of aromatic amines is 1. The largest absolute Gasteiger partial charge is 0.378 e. The average molecular weight is 374 g/mol. The number of carbonyl (C=O) groups is 1. The lowest BCUT2D eigenvalue weighted by Gasteiger charge is -2.23. The van der Waals surface area contributed by atoms with Gasteiger partial charge in [0.15, 0.2) is 5.82 Å². The molecule has 0 bridgehead atoms. The molecule has 0 spiro atoms.